The third kappa shape index (κ3) is 5.80. The summed E-state index contributed by atoms with van der Waals surface area (Å²) in [5.41, 5.74) is 0. The van der Waals surface area contributed by atoms with Crippen LogP contribution in [0.3, 0.4) is 0 Å². The standard InChI is InChI=1S/C8H14F3NO2/c1-5(7(13)14)6(2)12-4-3-8(9,10)11/h5-6,12H,3-4H2,1-2H3,(H,13,14). The first-order valence-corrected chi connectivity index (χ1v) is 4.27. The molecule has 2 unspecified atom stereocenters. The van der Waals surface area contributed by atoms with E-state index in [9.17, 15) is 18.0 Å². The van der Waals surface area contributed by atoms with Crippen molar-refractivity contribution >= 4 is 5.97 Å². The predicted octanol–water partition coefficient (Wildman–Crippen LogP) is 1.64. The third-order valence-corrected chi connectivity index (χ3v) is 2.01. The Bertz CT molecular complexity index is 194. The van der Waals surface area contributed by atoms with Gasteiger partial charge in [0.1, 0.15) is 0 Å². The van der Waals surface area contributed by atoms with Gasteiger partial charge in [-0.3, -0.25) is 4.79 Å². The van der Waals surface area contributed by atoms with Crippen molar-refractivity contribution in [2.45, 2.75) is 32.5 Å². The number of hydrogen-bond donors (Lipinski definition) is 2. The van der Waals surface area contributed by atoms with Crippen molar-refractivity contribution in [3.63, 3.8) is 0 Å². The largest absolute Gasteiger partial charge is 0.481 e. The molecule has 0 heterocycles. The highest BCUT2D eigenvalue weighted by Crippen LogP contribution is 2.18. The van der Waals surface area contributed by atoms with Crippen molar-refractivity contribution in [2.24, 2.45) is 5.92 Å². The highest BCUT2D eigenvalue weighted by Gasteiger charge is 2.27. The van der Waals surface area contributed by atoms with Crippen LogP contribution in [0.5, 0.6) is 0 Å². The van der Waals surface area contributed by atoms with Crippen LogP contribution < -0.4 is 5.32 Å². The van der Waals surface area contributed by atoms with Crippen molar-refractivity contribution in [3.05, 3.63) is 0 Å². The van der Waals surface area contributed by atoms with Gasteiger partial charge >= 0.3 is 12.1 Å². The van der Waals surface area contributed by atoms with E-state index in [2.05, 4.69) is 5.32 Å². The number of nitrogens with one attached hydrogen (secondary N) is 1. The Balaban J connectivity index is 3.75. The molecule has 0 aromatic rings. The lowest BCUT2D eigenvalue weighted by atomic mass is 10.0. The van der Waals surface area contributed by atoms with E-state index in [1.54, 1.807) is 6.92 Å². The molecule has 0 radical (unpaired) electrons. The van der Waals surface area contributed by atoms with Gasteiger partial charge in [-0.1, -0.05) is 6.92 Å². The molecular formula is C8H14F3NO2. The van der Waals surface area contributed by atoms with Crippen LogP contribution in [-0.4, -0.2) is 29.8 Å². The van der Waals surface area contributed by atoms with Gasteiger partial charge in [-0.25, -0.2) is 0 Å². The summed E-state index contributed by atoms with van der Waals surface area (Å²) in [6.45, 7) is 2.75. The first-order chi connectivity index (χ1) is 6.24. The molecule has 6 heteroatoms. The molecule has 0 aliphatic heterocycles. The van der Waals surface area contributed by atoms with Crippen LogP contribution in [0.15, 0.2) is 0 Å². The summed E-state index contributed by atoms with van der Waals surface area (Å²) in [6, 6.07) is -0.463. The number of alkyl halides is 3. The summed E-state index contributed by atoms with van der Waals surface area (Å²) in [6.07, 6.45) is -5.14. The normalized spacial score (nSPS) is 16.4. The minimum atomic E-state index is -4.20. The second-order valence-electron chi connectivity index (χ2n) is 3.23. The Kier molecular flexibility index (Phi) is 4.90. The fraction of sp³-hybridized carbons (Fsp3) is 0.875. The Hall–Kier alpha value is -0.780. The maximum absolute atomic E-state index is 11.7. The molecular weight excluding hydrogens is 199 g/mol. The second-order valence-corrected chi connectivity index (χ2v) is 3.23. The van der Waals surface area contributed by atoms with Crippen molar-refractivity contribution < 1.29 is 23.1 Å². The molecule has 0 saturated carbocycles. The molecule has 0 aromatic carbocycles. The number of halogens is 3. The minimum absolute atomic E-state index is 0.248. The molecule has 0 saturated heterocycles. The molecule has 84 valence electrons. The molecule has 0 bridgehead atoms. The zero-order valence-corrected chi connectivity index (χ0v) is 8.06. The molecule has 0 spiro atoms. The summed E-state index contributed by atoms with van der Waals surface area (Å²) in [4.78, 5) is 10.4. The average Bonchev–Trinajstić information content (AvgIpc) is 2.00. The lowest BCUT2D eigenvalue weighted by Crippen LogP contribution is -2.37. The smallest absolute Gasteiger partial charge is 0.390 e. The molecule has 2 atom stereocenters. The molecule has 0 aliphatic carbocycles. The quantitative estimate of drug-likeness (QED) is 0.729. The van der Waals surface area contributed by atoms with E-state index in [4.69, 9.17) is 5.11 Å². The number of carboxylic acid groups (broad SMARTS) is 1. The Morgan fingerprint density at radius 1 is 1.43 bits per heavy atom. The molecule has 0 amide bonds. The van der Waals surface area contributed by atoms with Crippen LogP contribution in [0.4, 0.5) is 13.2 Å². The van der Waals surface area contributed by atoms with Gasteiger partial charge in [0.05, 0.1) is 12.3 Å². The van der Waals surface area contributed by atoms with Crippen molar-refractivity contribution in [2.75, 3.05) is 6.54 Å². The Labute approximate surface area is 80.3 Å². The van der Waals surface area contributed by atoms with Gasteiger partial charge in [0.25, 0.3) is 0 Å². The van der Waals surface area contributed by atoms with E-state index < -0.39 is 30.5 Å². The number of carboxylic acids is 1. The number of rotatable bonds is 5. The Morgan fingerprint density at radius 2 is 1.93 bits per heavy atom. The van der Waals surface area contributed by atoms with Gasteiger partial charge in [-0.15, -0.1) is 0 Å². The zero-order valence-electron chi connectivity index (χ0n) is 8.06. The summed E-state index contributed by atoms with van der Waals surface area (Å²) >= 11 is 0. The van der Waals surface area contributed by atoms with Gasteiger partial charge in [0.2, 0.25) is 0 Å². The van der Waals surface area contributed by atoms with E-state index in [0.717, 1.165) is 0 Å². The maximum atomic E-state index is 11.7. The third-order valence-electron chi connectivity index (χ3n) is 2.01. The average molecular weight is 213 g/mol. The highest BCUT2D eigenvalue weighted by atomic mass is 19.4. The fourth-order valence-corrected chi connectivity index (χ4v) is 0.832. The number of carbonyl (C=O) groups is 1. The highest BCUT2D eigenvalue weighted by molar-refractivity contribution is 5.70. The summed E-state index contributed by atoms with van der Waals surface area (Å²) in [5, 5.41) is 11.1. The van der Waals surface area contributed by atoms with Crippen LogP contribution in [0.2, 0.25) is 0 Å². The van der Waals surface area contributed by atoms with Gasteiger partial charge in [0, 0.05) is 12.6 Å². The molecule has 0 rings (SSSR count). The summed E-state index contributed by atoms with van der Waals surface area (Å²) < 4.78 is 35.1. The predicted molar refractivity (Wildman–Crippen MR) is 44.9 cm³/mol. The van der Waals surface area contributed by atoms with Crippen molar-refractivity contribution in [1.29, 1.82) is 0 Å². The lowest BCUT2D eigenvalue weighted by Gasteiger charge is -2.18. The van der Waals surface area contributed by atoms with Gasteiger partial charge < -0.3 is 10.4 Å². The van der Waals surface area contributed by atoms with Crippen LogP contribution in [0, 0.1) is 5.92 Å². The first-order valence-electron chi connectivity index (χ1n) is 4.27. The van der Waals surface area contributed by atoms with Gasteiger partial charge in [-0.2, -0.15) is 13.2 Å². The molecule has 0 aliphatic rings. The summed E-state index contributed by atoms with van der Waals surface area (Å²) in [7, 11) is 0. The molecule has 0 fully saturated rings. The van der Waals surface area contributed by atoms with Crippen LogP contribution in [0.1, 0.15) is 20.3 Å². The number of aliphatic carboxylic acids is 1. The summed E-state index contributed by atoms with van der Waals surface area (Å²) in [5.74, 6) is -1.71. The van der Waals surface area contributed by atoms with E-state index in [0.29, 0.717) is 0 Å². The van der Waals surface area contributed by atoms with E-state index in [1.165, 1.54) is 6.92 Å². The molecule has 3 nitrogen and oxygen atoms in total. The van der Waals surface area contributed by atoms with Crippen LogP contribution in [0.25, 0.3) is 0 Å². The monoisotopic (exact) mass is 213 g/mol. The van der Waals surface area contributed by atoms with Gasteiger partial charge in [0.15, 0.2) is 0 Å². The molecule has 0 aromatic heterocycles. The fourth-order valence-electron chi connectivity index (χ4n) is 0.832. The maximum Gasteiger partial charge on any atom is 0.390 e. The Morgan fingerprint density at radius 3 is 2.29 bits per heavy atom. The van der Waals surface area contributed by atoms with E-state index in [1.807, 2.05) is 0 Å². The first kappa shape index (κ1) is 13.2. The van der Waals surface area contributed by atoms with Gasteiger partial charge in [-0.05, 0) is 6.92 Å². The minimum Gasteiger partial charge on any atom is -0.481 e. The second kappa shape index (κ2) is 5.19. The van der Waals surface area contributed by atoms with Crippen molar-refractivity contribution in [1.82, 2.24) is 5.32 Å². The number of hydrogen-bond acceptors (Lipinski definition) is 2. The topological polar surface area (TPSA) is 49.3 Å². The van der Waals surface area contributed by atoms with E-state index >= 15 is 0 Å². The van der Waals surface area contributed by atoms with Crippen LogP contribution >= 0.6 is 0 Å². The SMILES string of the molecule is CC(NCCC(F)(F)F)C(C)C(=O)O. The van der Waals surface area contributed by atoms with Crippen LogP contribution in [-0.2, 0) is 4.79 Å². The molecule has 14 heavy (non-hydrogen) atoms. The zero-order chi connectivity index (χ0) is 11.4. The lowest BCUT2D eigenvalue weighted by molar-refractivity contribution is -0.142. The molecule has 2 N–H and O–H groups in total. The van der Waals surface area contributed by atoms with Crippen molar-refractivity contribution in [3.8, 4) is 0 Å². The van der Waals surface area contributed by atoms with E-state index in [-0.39, 0.29) is 6.54 Å².